The van der Waals surface area contributed by atoms with E-state index in [1.165, 1.54) is 6.39 Å². The van der Waals surface area contributed by atoms with Gasteiger partial charge in [-0.2, -0.15) is 0 Å². The maximum atomic E-state index is 12.4. The van der Waals surface area contributed by atoms with Crippen LogP contribution in [0.25, 0.3) is 0 Å². The normalized spacial score (nSPS) is 24.4. The Hall–Kier alpha value is -1.44. The molecule has 0 spiro atoms. The van der Waals surface area contributed by atoms with E-state index in [1.807, 2.05) is 0 Å². The van der Waals surface area contributed by atoms with Gasteiger partial charge in [0.1, 0.15) is 6.10 Å². The molecule has 7 nitrogen and oxygen atoms in total. The van der Waals surface area contributed by atoms with Crippen molar-refractivity contribution in [1.29, 1.82) is 0 Å². The average Bonchev–Trinajstić information content (AvgIpc) is 3.23. The van der Waals surface area contributed by atoms with Gasteiger partial charge in [-0.05, 0) is 39.5 Å². The molecule has 134 valence electrons. The number of rotatable bonds is 5. The van der Waals surface area contributed by atoms with Gasteiger partial charge in [-0.15, -0.1) is 0 Å². The fourth-order valence-corrected chi connectivity index (χ4v) is 3.40. The van der Waals surface area contributed by atoms with Crippen molar-refractivity contribution in [3.05, 3.63) is 17.8 Å². The molecule has 0 aromatic carbocycles. The van der Waals surface area contributed by atoms with Crippen LogP contribution in [0.2, 0.25) is 0 Å². The first-order valence-electron chi connectivity index (χ1n) is 8.78. The molecule has 24 heavy (non-hydrogen) atoms. The molecule has 0 bridgehead atoms. The molecule has 2 N–H and O–H groups in total. The number of likely N-dealkylation sites (tertiary alicyclic amines) is 1. The minimum atomic E-state index is -0.852. The number of aromatic nitrogens is 1. The largest absolute Gasteiger partial charge is 0.445 e. The molecule has 0 radical (unpaired) electrons. The first-order valence-corrected chi connectivity index (χ1v) is 8.78. The molecule has 1 atom stereocenters. The third-order valence-corrected chi connectivity index (χ3v) is 5.07. The fourth-order valence-electron chi connectivity index (χ4n) is 3.40. The van der Waals surface area contributed by atoms with Gasteiger partial charge in [-0.25, -0.2) is 4.98 Å². The second-order valence-corrected chi connectivity index (χ2v) is 7.10. The zero-order chi connectivity index (χ0) is 17.2. The Labute approximate surface area is 142 Å². The zero-order valence-electron chi connectivity index (χ0n) is 14.5. The summed E-state index contributed by atoms with van der Waals surface area (Å²) in [5.41, 5.74) is -0.584. The highest BCUT2D eigenvalue weighted by atomic mass is 16.5. The lowest BCUT2D eigenvalue weighted by molar-refractivity contribution is -0.0254. The number of amides is 1. The summed E-state index contributed by atoms with van der Waals surface area (Å²) in [6.07, 6.45) is 4.20. The first kappa shape index (κ1) is 17.4. The molecular formula is C17H27N3O4. The molecule has 1 aromatic heterocycles. The summed E-state index contributed by atoms with van der Waals surface area (Å²) in [4.78, 5) is 18.8. The van der Waals surface area contributed by atoms with Gasteiger partial charge in [0.25, 0.3) is 5.91 Å². The molecule has 2 fully saturated rings. The van der Waals surface area contributed by atoms with Gasteiger partial charge in [0.05, 0.1) is 5.60 Å². The first-order chi connectivity index (χ1) is 11.5. The summed E-state index contributed by atoms with van der Waals surface area (Å²) in [5.74, 6) is 0.181. The third kappa shape index (κ3) is 3.79. The average molecular weight is 337 g/mol. The molecule has 0 saturated carbocycles. The van der Waals surface area contributed by atoms with Gasteiger partial charge in [0.2, 0.25) is 0 Å². The Bertz CT molecular complexity index is 558. The Balaban J connectivity index is 1.55. The standard InChI is InChI=1S/C17H27N3O4/c1-12(2)20-7-5-17(22,6-8-20)10-18-16(21)14-15(24-11-19-14)13-4-3-9-23-13/h11-13,22H,3-10H2,1-2H3,(H,18,21). The lowest BCUT2D eigenvalue weighted by Gasteiger charge is -2.40. The second kappa shape index (κ2) is 7.21. The van der Waals surface area contributed by atoms with E-state index < -0.39 is 5.60 Å². The van der Waals surface area contributed by atoms with Crippen LogP contribution < -0.4 is 5.32 Å². The summed E-state index contributed by atoms with van der Waals surface area (Å²) < 4.78 is 10.9. The van der Waals surface area contributed by atoms with Crippen LogP contribution in [0, 0.1) is 0 Å². The minimum absolute atomic E-state index is 0.189. The van der Waals surface area contributed by atoms with E-state index in [9.17, 15) is 9.90 Å². The molecular weight excluding hydrogens is 310 g/mol. The number of carbonyl (C=O) groups excluding carboxylic acids is 1. The maximum Gasteiger partial charge on any atom is 0.273 e. The molecule has 1 unspecified atom stereocenters. The van der Waals surface area contributed by atoms with Crippen molar-refractivity contribution in [1.82, 2.24) is 15.2 Å². The number of hydrogen-bond acceptors (Lipinski definition) is 6. The van der Waals surface area contributed by atoms with Gasteiger partial charge in [0, 0.05) is 32.3 Å². The van der Waals surface area contributed by atoms with E-state index >= 15 is 0 Å². The number of aliphatic hydroxyl groups is 1. The number of ether oxygens (including phenoxy) is 1. The third-order valence-electron chi connectivity index (χ3n) is 5.07. The number of carbonyl (C=O) groups is 1. The van der Waals surface area contributed by atoms with E-state index in [4.69, 9.17) is 9.15 Å². The van der Waals surface area contributed by atoms with Gasteiger partial charge in [-0.1, -0.05) is 0 Å². The van der Waals surface area contributed by atoms with Crippen LogP contribution in [0.5, 0.6) is 0 Å². The molecule has 2 aliphatic rings. The molecule has 3 rings (SSSR count). The Morgan fingerprint density at radius 3 is 2.88 bits per heavy atom. The topological polar surface area (TPSA) is 87.8 Å². The maximum absolute atomic E-state index is 12.4. The molecule has 2 saturated heterocycles. The Kier molecular flexibility index (Phi) is 5.22. The fraction of sp³-hybridized carbons (Fsp3) is 0.765. The number of nitrogens with one attached hydrogen (secondary N) is 1. The van der Waals surface area contributed by atoms with E-state index in [0.717, 1.165) is 25.9 Å². The van der Waals surface area contributed by atoms with Crippen molar-refractivity contribution < 1.29 is 19.1 Å². The molecule has 0 aliphatic carbocycles. The molecule has 1 aromatic rings. The highest BCUT2D eigenvalue weighted by Crippen LogP contribution is 2.30. The number of nitrogens with zero attached hydrogens (tertiary/aromatic N) is 2. The van der Waals surface area contributed by atoms with Crippen LogP contribution in [0.3, 0.4) is 0 Å². The number of oxazole rings is 1. The van der Waals surface area contributed by atoms with E-state index in [1.54, 1.807) is 0 Å². The number of hydrogen-bond donors (Lipinski definition) is 2. The lowest BCUT2D eigenvalue weighted by atomic mass is 9.90. The van der Waals surface area contributed by atoms with Crippen molar-refractivity contribution >= 4 is 5.91 Å². The molecule has 2 aliphatic heterocycles. The highest BCUT2D eigenvalue weighted by Gasteiger charge is 2.34. The van der Waals surface area contributed by atoms with Crippen molar-refractivity contribution in [2.45, 2.75) is 57.3 Å². The van der Waals surface area contributed by atoms with Gasteiger partial charge in [-0.3, -0.25) is 4.79 Å². The van der Waals surface area contributed by atoms with Crippen LogP contribution in [-0.2, 0) is 4.74 Å². The summed E-state index contributed by atoms with van der Waals surface area (Å²) in [6.45, 7) is 6.91. The van der Waals surface area contributed by atoms with Gasteiger partial charge < -0.3 is 24.5 Å². The van der Waals surface area contributed by atoms with E-state index in [2.05, 4.69) is 29.0 Å². The van der Waals surface area contributed by atoms with Crippen LogP contribution >= 0.6 is 0 Å². The lowest BCUT2D eigenvalue weighted by Crippen LogP contribution is -2.52. The Morgan fingerprint density at radius 1 is 1.50 bits per heavy atom. The SMILES string of the molecule is CC(C)N1CCC(O)(CNC(=O)c2ncoc2C2CCCO2)CC1. The van der Waals surface area contributed by atoms with Crippen molar-refractivity contribution in [2.24, 2.45) is 0 Å². The summed E-state index contributed by atoms with van der Waals surface area (Å²) in [6, 6.07) is 0.480. The smallest absolute Gasteiger partial charge is 0.273 e. The van der Waals surface area contributed by atoms with Crippen molar-refractivity contribution in [3.8, 4) is 0 Å². The highest BCUT2D eigenvalue weighted by molar-refractivity contribution is 5.93. The van der Waals surface area contributed by atoms with Crippen molar-refractivity contribution in [3.63, 3.8) is 0 Å². The van der Waals surface area contributed by atoms with Gasteiger partial charge >= 0.3 is 0 Å². The summed E-state index contributed by atoms with van der Waals surface area (Å²) in [5, 5.41) is 13.5. The molecule has 1 amide bonds. The summed E-state index contributed by atoms with van der Waals surface area (Å²) >= 11 is 0. The predicted molar refractivity (Wildman–Crippen MR) is 87.7 cm³/mol. The van der Waals surface area contributed by atoms with Crippen LogP contribution in [0.15, 0.2) is 10.8 Å². The van der Waals surface area contributed by atoms with Crippen LogP contribution in [0.4, 0.5) is 0 Å². The number of piperidine rings is 1. The zero-order valence-corrected chi connectivity index (χ0v) is 14.5. The predicted octanol–water partition coefficient (Wildman–Crippen LogP) is 1.49. The summed E-state index contributed by atoms with van der Waals surface area (Å²) in [7, 11) is 0. The van der Waals surface area contributed by atoms with E-state index in [-0.39, 0.29) is 24.2 Å². The van der Waals surface area contributed by atoms with E-state index in [0.29, 0.717) is 31.3 Å². The molecule has 7 heteroatoms. The monoisotopic (exact) mass is 337 g/mol. The van der Waals surface area contributed by atoms with Crippen LogP contribution in [0.1, 0.15) is 61.9 Å². The minimum Gasteiger partial charge on any atom is -0.445 e. The van der Waals surface area contributed by atoms with Crippen LogP contribution in [-0.4, -0.2) is 58.8 Å². The molecule has 3 heterocycles. The van der Waals surface area contributed by atoms with Crippen molar-refractivity contribution in [2.75, 3.05) is 26.2 Å². The quantitative estimate of drug-likeness (QED) is 0.846. The second-order valence-electron chi connectivity index (χ2n) is 7.10. The van der Waals surface area contributed by atoms with Gasteiger partial charge in [0.15, 0.2) is 17.8 Å². The Morgan fingerprint density at radius 2 is 2.25 bits per heavy atom.